The van der Waals surface area contributed by atoms with Crippen LogP contribution in [0.2, 0.25) is 0 Å². The van der Waals surface area contributed by atoms with Crippen LogP contribution >= 0.6 is 0 Å². The van der Waals surface area contributed by atoms with Crippen LogP contribution in [0.1, 0.15) is 16.7 Å². The molecule has 182 valence electrons. The van der Waals surface area contributed by atoms with Crippen LogP contribution in [0, 0.1) is 6.92 Å². The first-order valence-electron chi connectivity index (χ1n) is 10.7. The zero-order valence-corrected chi connectivity index (χ0v) is 19.3. The molecular weight excluding hydrogens is 456 g/mol. The number of carbonyl (C=O) groups excluding carboxylic acids is 1. The maximum Gasteiger partial charge on any atom is 0.340 e. The second kappa shape index (κ2) is 9.41. The Morgan fingerprint density at radius 2 is 1.94 bits per heavy atom. The summed E-state index contributed by atoms with van der Waals surface area (Å²) >= 11 is 0. The lowest BCUT2D eigenvalue weighted by atomic mass is 10.0. The molecule has 0 saturated heterocycles. The zero-order valence-electron chi connectivity index (χ0n) is 19.3. The third-order valence-corrected chi connectivity index (χ3v) is 5.92. The highest BCUT2D eigenvalue weighted by atomic mass is 16.5. The summed E-state index contributed by atoms with van der Waals surface area (Å²) in [6.45, 7) is 1.67. The average molecular weight is 480 g/mol. The third kappa shape index (κ3) is 4.63. The fourth-order valence-electron chi connectivity index (χ4n) is 4.13. The first-order valence-corrected chi connectivity index (χ1v) is 10.7. The van der Waals surface area contributed by atoms with E-state index in [1.807, 2.05) is 0 Å². The number of phenols is 1. The van der Waals surface area contributed by atoms with E-state index in [1.54, 1.807) is 31.3 Å². The molecule has 0 aliphatic carbocycles. The number of methoxy groups -OCH3 is 2. The molecule has 0 spiro atoms. The number of fused-ring (bicyclic) bond motifs is 2. The molecule has 1 amide bonds. The normalized spacial score (nSPS) is 12.0. The van der Waals surface area contributed by atoms with E-state index < -0.39 is 23.5 Å². The minimum Gasteiger partial charge on any atom is -0.508 e. The highest BCUT2D eigenvalue weighted by Gasteiger charge is 2.24. The number of aliphatic carboxylic acids is 1. The molecule has 10 heteroatoms. The Kier molecular flexibility index (Phi) is 6.37. The number of hydrogen-bond donors (Lipinski definition) is 4. The second-order valence-corrected chi connectivity index (χ2v) is 8.08. The Morgan fingerprint density at radius 1 is 1.17 bits per heavy atom. The number of H-pyrrole nitrogens is 1. The number of benzene rings is 2. The summed E-state index contributed by atoms with van der Waals surface area (Å²) in [4.78, 5) is 40.4. The van der Waals surface area contributed by atoms with Gasteiger partial charge in [-0.05, 0) is 36.2 Å². The molecule has 0 saturated carbocycles. The van der Waals surface area contributed by atoms with E-state index in [4.69, 9.17) is 13.9 Å². The van der Waals surface area contributed by atoms with E-state index in [9.17, 15) is 24.6 Å². The van der Waals surface area contributed by atoms with Gasteiger partial charge in [0.05, 0.1) is 31.6 Å². The van der Waals surface area contributed by atoms with Crippen molar-refractivity contribution in [1.29, 1.82) is 0 Å². The van der Waals surface area contributed by atoms with Gasteiger partial charge >= 0.3 is 11.6 Å². The van der Waals surface area contributed by atoms with Crippen molar-refractivity contribution in [2.24, 2.45) is 0 Å². The largest absolute Gasteiger partial charge is 0.508 e. The summed E-state index contributed by atoms with van der Waals surface area (Å²) in [6, 6.07) is 6.65. The van der Waals surface area contributed by atoms with E-state index in [2.05, 4.69) is 10.3 Å². The lowest BCUT2D eigenvalue weighted by Crippen LogP contribution is -2.43. The molecule has 4 aromatic rings. The molecule has 10 nitrogen and oxygen atoms in total. The van der Waals surface area contributed by atoms with Crippen LogP contribution in [-0.4, -0.2) is 47.3 Å². The first kappa shape index (κ1) is 23.7. The monoisotopic (exact) mass is 480 g/mol. The Morgan fingerprint density at radius 3 is 2.63 bits per heavy atom. The molecule has 0 aliphatic heterocycles. The van der Waals surface area contributed by atoms with Crippen molar-refractivity contribution in [3.05, 3.63) is 63.6 Å². The van der Waals surface area contributed by atoms with Crippen LogP contribution in [0.3, 0.4) is 0 Å². The maximum atomic E-state index is 12.8. The molecule has 2 heterocycles. The number of aromatic nitrogens is 1. The zero-order chi connectivity index (χ0) is 25.3. The average Bonchev–Trinajstić information content (AvgIpc) is 3.21. The van der Waals surface area contributed by atoms with Gasteiger partial charge in [0.1, 0.15) is 28.9 Å². The van der Waals surface area contributed by atoms with Crippen molar-refractivity contribution in [2.45, 2.75) is 25.8 Å². The van der Waals surface area contributed by atoms with Gasteiger partial charge < -0.3 is 34.4 Å². The van der Waals surface area contributed by atoms with Crippen molar-refractivity contribution >= 4 is 33.7 Å². The van der Waals surface area contributed by atoms with Crippen molar-refractivity contribution in [2.75, 3.05) is 14.2 Å². The Bertz CT molecular complexity index is 1500. The predicted molar refractivity (Wildman–Crippen MR) is 127 cm³/mol. The molecule has 1 atom stereocenters. The van der Waals surface area contributed by atoms with Gasteiger partial charge in [0.2, 0.25) is 5.91 Å². The molecule has 2 aromatic heterocycles. The third-order valence-electron chi connectivity index (χ3n) is 5.92. The van der Waals surface area contributed by atoms with E-state index in [0.29, 0.717) is 33.4 Å². The van der Waals surface area contributed by atoms with E-state index in [1.165, 1.54) is 26.4 Å². The topological polar surface area (TPSA) is 151 Å². The van der Waals surface area contributed by atoms with Gasteiger partial charge in [-0.3, -0.25) is 4.79 Å². The number of hydrogen-bond acceptors (Lipinski definition) is 7. The van der Waals surface area contributed by atoms with Crippen molar-refractivity contribution in [3.8, 4) is 17.2 Å². The molecule has 4 rings (SSSR count). The van der Waals surface area contributed by atoms with Gasteiger partial charge in [-0.2, -0.15) is 0 Å². The molecule has 4 N–H and O–H groups in total. The Hall–Kier alpha value is -4.47. The Labute approximate surface area is 199 Å². The number of aromatic amines is 1. The second-order valence-electron chi connectivity index (χ2n) is 8.08. The SMILES string of the molecule is COc1cc(OC)c2c(C)c(CC(=O)N[C@@H](Cc3c[nH]c4ccc(O)cc34)C(=O)O)c(=O)oc2c1. The molecule has 0 aliphatic rings. The molecule has 0 radical (unpaired) electrons. The van der Waals surface area contributed by atoms with Crippen LogP contribution < -0.4 is 20.4 Å². The van der Waals surface area contributed by atoms with Crippen molar-refractivity contribution < 1.29 is 33.7 Å². The van der Waals surface area contributed by atoms with Crippen molar-refractivity contribution in [3.63, 3.8) is 0 Å². The quantitative estimate of drug-likeness (QED) is 0.281. The lowest BCUT2D eigenvalue weighted by Gasteiger charge is -2.16. The number of carbonyl (C=O) groups is 2. The van der Waals surface area contributed by atoms with Crippen LogP contribution in [0.5, 0.6) is 17.2 Å². The fourth-order valence-corrected chi connectivity index (χ4v) is 4.13. The summed E-state index contributed by atoms with van der Waals surface area (Å²) < 4.78 is 16.0. The standard InChI is InChI=1S/C25H24N2O8/c1-12-16(25(32)35-21-9-15(33-2)8-20(34-3)23(12)21)10-22(29)27-19(24(30)31)6-13-11-26-18-5-4-14(28)7-17(13)18/h4-5,7-9,11,19,26,28H,6,10H2,1-3H3,(H,27,29)(H,30,31)/t19-/m0/s1. The number of carboxylic acids is 1. The van der Waals surface area contributed by atoms with Crippen LogP contribution in [0.15, 0.2) is 45.7 Å². The minimum atomic E-state index is -1.25. The summed E-state index contributed by atoms with van der Waals surface area (Å²) in [7, 11) is 2.94. The number of aromatic hydroxyl groups is 1. The van der Waals surface area contributed by atoms with E-state index in [-0.39, 0.29) is 29.7 Å². The molecule has 0 unspecified atom stereocenters. The lowest BCUT2D eigenvalue weighted by molar-refractivity contribution is -0.141. The van der Waals surface area contributed by atoms with Gasteiger partial charge in [0.15, 0.2) is 0 Å². The predicted octanol–water partition coefficient (Wildman–Crippen LogP) is 2.66. The number of amides is 1. The van der Waals surface area contributed by atoms with Gasteiger partial charge in [0.25, 0.3) is 0 Å². The highest BCUT2D eigenvalue weighted by molar-refractivity contribution is 5.91. The summed E-state index contributed by atoms with van der Waals surface area (Å²) in [5.41, 5.74) is 1.47. The van der Waals surface area contributed by atoms with E-state index >= 15 is 0 Å². The van der Waals surface area contributed by atoms with Crippen LogP contribution in [0.4, 0.5) is 0 Å². The van der Waals surface area contributed by atoms with Gasteiger partial charge in [-0.25, -0.2) is 9.59 Å². The highest BCUT2D eigenvalue weighted by Crippen LogP contribution is 2.33. The Balaban J connectivity index is 1.60. The smallest absolute Gasteiger partial charge is 0.340 e. The number of ether oxygens (including phenoxy) is 2. The number of rotatable bonds is 8. The summed E-state index contributed by atoms with van der Waals surface area (Å²) in [5, 5.41) is 23.1. The summed E-state index contributed by atoms with van der Waals surface area (Å²) in [5.74, 6) is -0.988. The van der Waals surface area contributed by atoms with Gasteiger partial charge in [0, 0.05) is 35.7 Å². The fraction of sp³-hybridized carbons (Fsp3) is 0.240. The molecule has 2 aromatic carbocycles. The number of nitrogens with one attached hydrogen (secondary N) is 2. The van der Waals surface area contributed by atoms with Crippen molar-refractivity contribution in [1.82, 2.24) is 10.3 Å². The molecule has 0 fully saturated rings. The molecule has 35 heavy (non-hydrogen) atoms. The minimum absolute atomic E-state index is 0.0244. The number of aryl methyl sites for hydroxylation is 1. The molecular formula is C25H24N2O8. The van der Waals surface area contributed by atoms with E-state index in [0.717, 1.165) is 5.52 Å². The number of carboxylic acid groups (broad SMARTS) is 1. The van der Waals surface area contributed by atoms with Crippen LogP contribution in [-0.2, 0) is 22.4 Å². The molecule has 0 bridgehead atoms. The van der Waals surface area contributed by atoms with Crippen LogP contribution in [0.25, 0.3) is 21.9 Å². The first-order chi connectivity index (χ1) is 16.7. The summed E-state index contributed by atoms with van der Waals surface area (Å²) in [6.07, 6.45) is 1.23. The number of phenolic OH excluding ortho intramolecular Hbond substituents is 1. The van der Waals surface area contributed by atoms with Gasteiger partial charge in [-0.15, -0.1) is 0 Å². The maximum absolute atomic E-state index is 12.8. The van der Waals surface area contributed by atoms with Gasteiger partial charge in [-0.1, -0.05) is 0 Å².